The van der Waals surface area contributed by atoms with Crippen LogP contribution in [0.25, 0.3) is 0 Å². The zero-order valence-corrected chi connectivity index (χ0v) is 11.1. The van der Waals surface area contributed by atoms with Crippen molar-refractivity contribution in [3.63, 3.8) is 0 Å². The van der Waals surface area contributed by atoms with E-state index in [9.17, 15) is 0 Å². The predicted octanol–water partition coefficient (Wildman–Crippen LogP) is 2.90. The number of methoxy groups -OCH3 is 2. The van der Waals surface area contributed by atoms with E-state index in [2.05, 4.69) is 23.5 Å². The Labute approximate surface area is 109 Å². The molecule has 0 radical (unpaired) electrons. The predicted molar refractivity (Wildman–Crippen MR) is 73.2 cm³/mol. The summed E-state index contributed by atoms with van der Waals surface area (Å²) in [6, 6.07) is 6.55. The summed E-state index contributed by atoms with van der Waals surface area (Å²) in [5, 5.41) is 3.54. The van der Waals surface area contributed by atoms with E-state index in [1.807, 2.05) is 12.1 Å². The van der Waals surface area contributed by atoms with Gasteiger partial charge in [-0.15, -0.1) is 0 Å². The molecule has 1 unspecified atom stereocenters. The van der Waals surface area contributed by atoms with Gasteiger partial charge in [-0.25, -0.2) is 0 Å². The van der Waals surface area contributed by atoms with Crippen molar-refractivity contribution in [3.05, 3.63) is 35.9 Å². The monoisotopic (exact) mass is 247 g/mol. The highest BCUT2D eigenvalue weighted by Crippen LogP contribution is 2.27. The molecule has 18 heavy (non-hydrogen) atoms. The lowest BCUT2D eigenvalue weighted by molar-refractivity contribution is 0.354. The maximum Gasteiger partial charge on any atom is 0.161 e. The number of rotatable bonds is 5. The van der Waals surface area contributed by atoms with Crippen molar-refractivity contribution in [2.24, 2.45) is 0 Å². The van der Waals surface area contributed by atoms with E-state index in [0.717, 1.165) is 18.0 Å². The van der Waals surface area contributed by atoms with E-state index >= 15 is 0 Å². The van der Waals surface area contributed by atoms with Gasteiger partial charge in [0.1, 0.15) is 0 Å². The highest BCUT2D eigenvalue weighted by molar-refractivity contribution is 5.42. The molecule has 0 aromatic heterocycles. The maximum absolute atomic E-state index is 5.30. The molecular weight excluding hydrogens is 226 g/mol. The fraction of sp³-hybridized carbons (Fsp3) is 0.467. The molecule has 0 saturated heterocycles. The summed E-state index contributed by atoms with van der Waals surface area (Å²) >= 11 is 0. The van der Waals surface area contributed by atoms with Crippen LogP contribution in [0.4, 0.5) is 0 Å². The summed E-state index contributed by atoms with van der Waals surface area (Å²) in [6.07, 6.45) is 8.25. The molecule has 0 amide bonds. The number of nitrogens with one attached hydrogen (secondary N) is 1. The first-order chi connectivity index (χ1) is 8.83. The molecule has 1 aliphatic rings. The average molecular weight is 247 g/mol. The minimum absolute atomic E-state index is 0.506. The van der Waals surface area contributed by atoms with Crippen LogP contribution in [0.3, 0.4) is 0 Å². The number of hydrogen-bond donors (Lipinski definition) is 1. The van der Waals surface area contributed by atoms with Crippen LogP contribution in [-0.2, 0) is 6.54 Å². The van der Waals surface area contributed by atoms with Gasteiger partial charge in [-0.2, -0.15) is 0 Å². The molecule has 98 valence electrons. The lowest BCUT2D eigenvalue weighted by atomic mass is 10.0. The fourth-order valence-electron chi connectivity index (χ4n) is 2.22. The highest BCUT2D eigenvalue weighted by atomic mass is 16.5. The lowest BCUT2D eigenvalue weighted by Gasteiger charge is -2.18. The Hall–Kier alpha value is -1.48. The molecule has 2 rings (SSSR count). The summed E-state index contributed by atoms with van der Waals surface area (Å²) in [6.45, 7) is 0.857. The third kappa shape index (κ3) is 3.26. The number of allylic oxidation sites excluding steroid dienone is 1. The maximum atomic E-state index is 5.30. The quantitative estimate of drug-likeness (QED) is 0.812. The molecule has 0 spiro atoms. The van der Waals surface area contributed by atoms with Crippen LogP contribution < -0.4 is 14.8 Å². The standard InChI is InChI=1S/C15H21NO2/c1-17-14-9-8-12(10-15(14)18-2)11-16-13-6-4-3-5-7-13/h4,6,8-10,13,16H,3,5,7,11H2,1-2H3. The van der Waals surface area contributed by atoms with Gasteiger partial charge in [0, 0.05) is 12.6 Å². The Morgan fingerprint density at radius 2 is 2.06 bits per heavy atom. The van der Waals surface area contributed by atoms with Gasteiger partial charge < -0.3 is 14.8 Å². The van der Waals surface area contributed by atoms with Crippen molar-refractivity contribution >= 4 is 0 Å². The first kappa shape index (κ1) is 13.0. The molecule has 1 N–H and O–H groups in total. The third-order valence-electron chi connectivity index (χ3n) is 3.27. The Bertz CT molecular complexity index is 415. The van der Waals surface area contributed by atoms with E-state index in [0.29, 0.717) is 6.04 Å². The summed E-state index contributed by atoms with van der Waals surface area (Å²) < 4.78 is 10.5. The lowest BCUT2D eigenvalue weighted by Crippen LogP contribution is -2.27. The zero-order chi connectivity index (χ0) is 12.8. The highest BCUT2D eigenvalue weighted by Gasteiger charge is 2.09. The second kappa shape index (κ2) is 6.45. The van der Waals surface area contributed by atoms with Gasteiger partial charge in [-0.3, -0.25) is 0 Å². The van der Waals surface area contributed by atoms with E-state index in [1.165, 1.54) is 24.8 Å². The summed E-state index contributed by atoms with van der Waals surface area (Å²) in [5.74, 6) is 1.56. The molecule has 1 aliphatic carbocycles. The van der Waals surface area contributed by atoms with Crippen LogP contribution in [0.2, 0.25) is 0 Å². The third-order valence-corrected chi connectivity index (χ3v) is 3.27. The topological polar surface area (TPSA) is 30.5 Å². The Morgan fingerprint density at radius 3 is 2.72 bits per heavy atom. The van der Waals surface area contributed by atoms with Crippen molar-refractivity contribution in [1.29, 1.82) is 0 Å². The van der Waals surface area contributed by atoms with Crippen molar-refractivity contribution in [1.82, 2.24) is 5.32 Å². The molecule has 0 heterocycles. The Morgan fingerprint density at radius 1 is 1.22 bits per heavy atom. The minimum Gasteiger partial charge on any atom is -0.493 e. The van der Waals surface area contributed by atoms with Gasteiger partial charge in [-0.1, -0.05) is 18.2 Å². The van der Waals surface area contributed by atoms with Crippen molar-refractivity contribution in [3.8, 4) is 11.5 Å². The molecule has 0 saturated carbocycles. The van der Waals surface area contributed by atoms with E-state index < -0.39 is 0 Å². The molecule has 0 bridgehead atoms. The zero-order valence-electron chi connectivity index (χ0n) is 11.1. The fourth-order valence-corrected chi connectivity index (χ4v) is 2.22. The molecule has 1 aromatic rings. The normalized spacial score (nSPS) is 18.7. The van der Waals surface area contributed by atoms with Crippen molar-refractivity contribution in [2.45, 2.75) is 31.8 Å². The molecule has 1 aromatic carbocycles. The first-order valence-corrected chi connectivity index (χ1v) is 6.44. The Balaban J connectivity index is 1.96. The summed E-state index contributed by atoms with van der Waals surface area (Å²) in [5.41, 5.74) is 1.21. The second-order valence-corrected chi connectivity index (χ2v) is 4.54. The van der Waals surface area contributed by atoms with Crippen LogP contribution in [0, 0.1) is 0 Å². The van der Waals surface area contributed by atoms with Gasteiger partial charge in [-0.05, 0) is 37.0 Å². The smallest absolute Gasteiger partial charge is 0.161 e. The van der Waals surface area contributed by atoms with Gasteiger partial charge >= 0.3 is 0 Å². The van der Waals surface area contributed by atoms with Crippen LogP contribution in [0.1, 0.15) is 24.8 Å². The van der Waals surface area contributed by atoms with Gasteiger partial charge in [0.25, 0.3) is 0 Å². The number of hydrogen-bond acceptors (Lipinski definition) is 3. The minimum atomic E-state index is 0.506. The summed E-state index contributed by atoms with van der Waals surface area (Å²) in [4.78, 5) is 0. The van der Waals surface area contributed by atoms with E-state index in [1.54, 1.807) is 14.2 Å². The SMILES string of the molecule is COc1ccc(CNC2C=CCCC2)cc1OC. The summed E-state index contributed by atoms with van der Waals surface area (Å²) in [7, 11) is 3.32. The molecule has 1 atom stereocenters. The molecule has 0 aliphatic heterocycles. The van der Waals surface area contributed by atoms with Crippen molar-refractivity contribution < 1.29 is 9.47 Å². The van der Waals surface area contributed by atoms with Crippen molar-refractivity contribution in [2.75, 3.05) is 14.2 Å². The van der Waals surface area contributed by atoms with Gasteiger partial charge in [0.2, 0.25) is 0 Å². The van der Waals surface area contributed by atoms with Crippen LogP contribution in [0.15, 0.2) is 30.4 Å². The average Bonchev–Trinajstić information content (AvgIpc) is 2.45. The molecule has 0 fully saturated rings. The van der Waals surface area contributed by atoms with Crippen LogP contribution in [-0.4, -0.2) is 20.3 Å². The largest absolute Gasteiger partial charge is 0.493 e. The molecular formula is C15H21NO2. The molecule has 3 nitrogen and oxygen atoms in total. The van der Waals surface area contributed by atoms with Gasteiger partial charge in [0.05, 0.1) is 14.2 Å². The van der Waals surface area contributed by atoms with E-state index in [4.69, 9.17) is 9.47 Å². The first-order valence-electron chi connectivity index (χ1n) is 6.44. The Kier molecular flexibility index (Phi) is 4.65. The molecule has 3 heteroatoms. The second-order valence-electron chi connectivity index (χ2n) is 4.54. The van der Waals surface area contributed by atoms with E-state index in [-0.39, 0.29) is 0 Å². The number of ether oxygens (including phenoxy) is 2. The number of benzene rings is 1. The van der Waals surface area contributed by atoms with Crippen LogP contribution >= 0.6 is 0 Å². The van der Waals surface area contributed by atoms with Crippen LogP contribution in [0.5, 0.6) is 11.5 Å². The van der Waals surface area contributed by atoms with Gasteiger partial charge in [0.15, 0.2) is 11.5 Å².